The number of halogens is 1. The van der Waals surface area contributed by atoms with Crippen molar-refractivity contribution in [1.29, 1.82) is 0 Å². The van der Waals surface area contributed by atoms with E-state index in [0.717, 1.165) is 9.90 Å². The van der Waals surface area contributed by atoms with Gasteiger partial charge in [-0.1, -0.05) is 11.6 Å². The van der Waals surface area contributed by atoms with Gasteiger partial charge in [0, 0.05) is 5.38 Å². The Morgan fingerprint density at radius 2 is 2.57 bits per heavy atom. The van der Waals surface area contributed by atoms with Gasteiger partial charge < -0.3 is 0 Å². The summed E-state index contributed by atoms with van der Waals surface area (Å²) >= 11 is 7.13. The summed E-state index contributed by atoms with van der Waals surface area (Å²) in [5.74, 6) is 0. The normalized spacial score (nSPS) is 9.43. The van der Waals surface area contributed by atoms with Crippen molar-refractivity contribution in [3.8, 4) is 0 Å². The maximum atomic E-state index is 5.61. The molecule has 0 aliphatic heterocycles. The Balaban J connectivity index is 3.12. The van der Waals surface area contributed by atoms with Crippen LogP contribution >= 0.6 is 22.9 Å². The summed E-state index contributed by atoms with van der Waals surface area (Å²) in [6.45, 7) is 1.94. The predicted octanol–water partition coefficient (Wildman–Crippen LogP) is 2.51. The number of aryl methyl sites for hydroxylation is 1. The quantitative estimate of drug-likeness (QED) is 0.508. The first-order valence-electron chi connectivity index (χ1n) is 1.92. The van der Waals surface area contributed by atoms with Crippen molar-refractivity contribution in [3.05, 3.63) is 21.3 Å². The Labute approximate surface area is 51.7 Å². The van der Waals surface area contributed by atoms with E-state index in [9.17, 15) is 0 Å². The first-order chi connectivity index (χ1) is 3.30. The lowest BCUT2D eigenvalue weighted by Gasteiger charge is -1.76. The summed E-state index contributed by atoms with van der Waals surface area (Å²) in [7, 11) is 0. The molecule has 0 nitrogen and oxygen atoms in total. The lowest BCUT2D eigenvalue weighted by molar-refractivity contribution is 1.54. The van der Waals surface area contributed by atoms with Crippen LogP contribution in [-0.4, -0.2) is 0 Å². The standard InChI is InChI=1S/C5H4ClS/c1-4-2-3-7-5(4)6/h3H,1H3. The highest BCUT2D eigenvalue weighted by molar-refractivity contribution is 7.14. The second kappa shape index (κ2) is 1.85. The molecule has 0 spiro atoms. The second-order valence-electron chi connectivity index (χ2n) is 1.28. The van der Waals surface area contributed by atoms with Gasteiger partial charge in [0.15, 0.2) is 0 Å². The van der Waals surface area contributed by atoms with Crippen molar-refractivity contribution in [3.63, 3.8) is 0 Å². The number of rotatable bonds is 0. The third kappa shape index (κ3) is 0.956. The fourth-order valence-electron chi connectivity index (χ4n) is 0.315. The molecule has 0 aliphatic rings. The summed E-state index contributed by atoms with van der Waals surface area (Å²) in [6.07, 6.45) is 0. The summed E-state index contributed by atoms with van der Waals surface area (Å²) in [4.78, 5) is 0. The maximum absolute atomic E-state index is 5.61. The Kier molecular flexibility index (Phi) is 1.35. The van der Waals surface area contributed by atoms with Gasteiger partial charge in [0.1, 0.15) is 0 Å². The highest BCUT2D eigenvalue weighted by Crippen LogP contribution is 2.19. The van der Waals surface area contributed by atoms with E-state index in [1.54, 1.807) is 0 Å². The third-order valence-corrected chi connectivity index (χ3v) is 2.03. The molecule has 0 atom stereocenters. The number of thiophene rings is 1. The Hall–Kier alpha value is -0.0100. The van der Waals surface area contributed by atoms with E-state index in [4.69, 9.17) is 11.6 Å². The van der Waals surface area contributed by atoms with Gasteiger partial charge in [-0.3, -0.25) is 0 Å². The van der Waals surface area contributed by atoms with Crippen LogP contribution in [-0.2, 0) is 0 Å². The molecule has 0 aliphatic carbocycles. The predicted molar refractivity (Wildman–Crippen MR) is 32.9 cm³/mol. The van der Waals surface area contributed by atoms with Crippen LogP contribution in [0.5, 0.6) is 0 Å². The van der Waals surface area contributed by atoms with Gasteiger partial charge in [-0.2, -0.15) is 0 Å². The van der Waals surface area contributed by atoms with E-state index in [2.05, 4.69) is 6.07 Å². The monoisotopic (exact) mass is 131 g/mol. The molecular weight excluding hydrogens is 128 g/mol. The summed E-state index contributed by atoms with van der Waals surface area (Å²) in [6, 6.07) is 2.95. The van der Waals surface area contributed by atoms with Crippen molar-refractivity contribution < 1.29 is 0 Å². The van der Waals surface area contributed by atoms with Crippen molar-refractivity contribution in [2.75, 3.05) is 0 Å². The zero-order valence-corrected chi connectivity index (χ0v) is 5.44. The lowest BCUT2D eigenvalue weighted by atomic mass is 10.4. The average molecular weight is 132 g/mol. The SMILES string of the molecule is Cc1[c]csc1Cl. The average Bonchev–Trinajstić information content (AvgIpc) is 1.91. The fourth-order valence-corrected chi connectivity index (χ4v) is 1.08. The third-order valence-electron chi connectivity index (χ3n) is 0.733. The number of hydrogen-bond acceptors (Lipinski definition) is 1. The highest BCUT2D eigenvalue weighted by atomic mass is 35.5. The maximum Gasteiger partial charge on any atom is 0.0963 e. The van der Waals surface area contributed by atoms with Crippen LogP contribution in [0.4, 0.5) is 0 Å². The van der Waals surface area contributed by atoms with E-state index in [-0.39, 0.29) is 0 Å². The van der Waals surface area contributed by atoms with Gasteiger partial charge >= 0.3 is 0 Å². The smallest absolute Gasteiger partial charge is 0.0963 e. The van der Waals surface area contributed by atoms with Crippen molar-refractivity contribution >= 4 is 22.9 Å². The van der Waals surface area contributed by atoms with E-state index in [0.29, 0.717) is 0 Å². The van der Waals surface area contributed by atoms with Crippen LogP contribution in [0.25, 0.3) is 0 Å². The Morgan fingerprint density at radius 3 is 2.71 bits per heavy atom. The first-order valence-corrected chi connectivity index (χ1v) is 3.18. The van der Waals surface area contributed by atoms with Crippen LogP contribution in [0, 0.1) is 13.0 Å². The molecule has 0 bridgehead atoms. The van der Waals surface area contributed by atoms with Crippen molar-refractivity contribution in [1.82, 2.24) is 0 Å². The summed E-state index contributed by atoms with van der Waals surface area (Å²) in [5.41, 5.74) is 1.05. The Bertz CT molecular complexity index is 140. The minimum absolute atomic E-state index is 0.847. The van der Waals surface area contributed by atoms with Crippen LogP contribution in [0.15, 0.2) is 5.38 Å². The highest BCUT2D eigenvalue weighted by Gasteiger charge is 1.90. The van der Waals surface area contributed by atoms with Crippen LogP contribution < -0.4 is 0 Å². The summed E-state index contributed by atoms with van der Waals surface area (Å²) < 4.78 is 0.847. The molecule has 0 unspecified atom stereocenters. The van der Waals surface area contributed by atoms with E-state index < -0.39 is 0 Å². The molecule has 0 fully saturated rings. The van der Waals surface area contributed by atoms with Crippen molar-refractivity contribution in [2.45, 2.75) is 6.92 Å². The van der Waals surface area contributed by atoms with Gasteiger partial charge in [-0.05, 0) is 18.6 Å². The lowest BCUT2D eigenvalue weighted by Crippen LogP contribution is -1.55. The molecule has 0 saturated carbocycles. The van der Waals surface area contributed by atoms with Gasteiger partial charge in [-0.15, -0.1) is 11.3 Å². The molecule has 2 heteroatoms. The molecule has 1 radical (unpaired) electrons. The molecule has 0 amide bonds. The molecule has 1 aromatic rings. The molecular formula is C5H4ClS. The van der Waals surface area contributed by atoms with Gasteiger partial charge in [0.05, 0.1) is 4.34 Å². The zero-order chi connectivity index (χ0) is 5.28. The van der Waals surface area contributed by atoms with Crippen LogP contribution in [0.1, 0.15) is 5.56 Å². The minimum Gasteiger partial charge on any atom is -0.131 e. The molecule has 0 saturated heterocycles. The molecule has 1 rings (SSSR count). The van der Waals surface area contributed by atoms with Gasteiger partial charge in [0.25, 0.3) is 0 Å². The largest absolute Gasteiger partial charge is 0.131 e. The molecule has 37 valence electrons. The minimum atomic E-state index is 0.847. The van der Waals surface area contributed by atoms with E-state index in [1.165, 1.54) is 11.3 Å². The van der Waals surface area contributed by atoms with Crippen LogP contribution in [0.2, 0.25) is 4.34 Å². The molecule has 0 aromatic carbocycles. The van der Waals surface area contributed by atoms with E-state index in [1.807, 2.05) is 12.3 Å². The van der Waals surface area contributed by atoms with Gasteiger partial charge in [0.2, 0.25) is 0 Å². The fraction of sp³-hybridized carbons (Fsp3) is 0.200. The molecule has 1 aromatic heterocycles. The van der Waals surface area contributed by atoms with Crippen molar-refractivity contribution in [2.24, 2.45) is 0 Å². The molecule has 7 heavy (non-hydrogen) atoms. The number of hydrogen-bond donors (Lipinski definition) is 0. The molecule has 0 N–H and O–H groups in total. The summed E-state index contributed by atoms with van der Waals surface area (Å²) in [5, 5.41) is 1.86. The topological polar surface area (TPSA) is 0 Å². The van der Waals surface area contributed by atoms with Gasteiger partial charge in [-0.25, -0.2) is 0 Å². The first kappa shape index (κ1) is 5.13. The zero-order valence-electron chi connectivity index (χ0n) is 3.86. The Morgan fingerprint density at radius 1 is 1.86 bits per heavy atom. The molecule has 1 heterocycles. The van der Waals surface area contributed by atoms with E-state index >= 15 is 0 Å². The van der Waals surface area contributed by atoms with Crippen LogP contribution in [0.3, 0.4) is 0 Å². The second-order valence-corrected chi connectivity index (χ2v) is 2.76.